The van der Waals surface area contributed by atoms with Gasteiger partial charge in [-0.1, -0.05) is 0 Å². The van der Waals surface area contributed by atoms with E-state index in [9.17, 15) is 13.5 Å². The van der Waals surface area contributed by atoms with E-state index in [1.165, 1.54) is 0 Å². The van der Waals surface area contributed by atoms with E-state index in [-0.39, 0.29) is 6.61 Å². The van der Waals surface area contributed by atoms with Gasteiger partial charge in [-0.05, 0) is 0 Å². The van der Waals surface area contributed by atoms with Crippen molar-refractivity contribution in [2.24, 2.45) is 0 Å². The zero-order valence-electron chi connectivity index (χ0n) is 7.40. The number of hydrogen-bond donors (Lipinski definition) is 3. The molecule has 0 bridgehead atoms. The van der Waals surface area contributed by atoms with Crippen LogP contribution < -0.4 is 0 Å². The molecule has 1 fully saturated rings. The van der Waals surface area contributed by atoms with Crippen molar-refractivity contribution in [3.05, 3.63) is 0 Å². The number of aliphatic hydroxyl groups is 3. The lowest BCUT2D eigenvalue weighted by molar-refractivity contribution is -0.243. The molecule has 0 saturated carbocycles. The maximum Gasteiger partial charge on any atom is 0.264 e. The Labute approximate surface area is 81.0 Å². The van der Waals surface area contributed by atoms with Crippen molar-refractivity contribution >= 4 is 10.1 Å². The highest BCUT2D eigenvalue weighted by Gasteiger charge is 2.40. The molecule has 1 aliphatic rings. The van der Waals surface area contributed by atoms with Gasteiger partial charge >= 0.3 is 0 Å². The highest BCUT2D eigenvalue weighted by Crippen LogP contribution is 2.18. The molecule has 1 rings (SSSR count). The third-order valence-corrected chi connectivity index (χ3v) is 2.31. The summed E-state index contributed by atoms with van der Waals surface area (Å²) in [4.78, 5) is 0. The van der Waals surface area contributed by atoms with Crippen molar-refractivity contribution in [2.45, 2.75) is 24.6 Å². The number of rotatable bonds is 2. The van der Waals surface area contributed by atoms with Crippen LogP contribution in [0.2, 0.25) is 0 Å². The Kier molecular flexibility index (Phi) is 3.45. The van der Waals surface area contributed by atoms with E-state index in [0.717, 1.165) is 6.26 Å². The van der Waals surface area contributed by atoms with Crippen LogP contribution in [0.25, 0.3) is 0 Å². The topological polar surface area (TPSA) is 113 Å². The first-order valence-electron chi connectivity index (χ1n) is 3.85. The van der Waals surface area contributed by atoms with Gasteiger partial charge in [0, 0.05) is 0 Å². The van der Waals surface area contributed by atoms with E-state index in [4.69, 9.17) is 10.2 Å². The lowest BCUT2D eigenvalue weighted by atomic mass is 10.1. The van der Waals surface area contributed by atoms with Gasteiger partial charge in [0.05, 0.1) is 12.9 Å². The first-order chi connectivity index (χ1) is 6.31. The molecular weight excluding hydrogens is 216 g/mol. The van der Waals surface area contributed by atoms with Crippen LogP contribution in [0.15, 0.2) is 0 Å². The Morgan fingerprint density at radius 3 is 2.43 bits per heavy atom. The van der Waals surface area contributed by atoms with E-state index in [1.54, 1.807) is 0 Å². The highest BCUT2D eigenvalue weighted by molar-refractivity contribution is 7.86. The number of hydrogen-bond acceptors (Lipinski definition) is 7. The molecule has 0 amide bonds. The lowest BCUT2D eigenvalue weighted by Gasteiger charge is -2.34. The molecule has 8 heteroatoms. The van der Waals surface area contributed by atoms with Gasteiger partial charge in [-0.3, -0.25) is 4.18 Å². The van der Waals surface area contributed by atoms with Crippen molar-refractivity contribution in [3.63, 3.8) is 0 Å². The van der Waals surface area contributed by atoms with E-state index >= 15 is 0 Å². The molecule has 4 atom stereocenters. The Bertz CT molecular complexity index is 287. The van der Waals surface area contributed by atoms with Gasteiger partial charge in [0.15, 0.2) is 12.4 Å². The molecule has 0 spiro atoms. The summed E-state index contributed by atoms with van der Waals surface area (Å²) in [7, 11) is -3.82. The summed E-state index contributed by atoms with van der Waals surface area (Å²) in [6.07, 6.45) is -5.05. The highest BCUT2D eigenvalue weighted by atomic mass is 32.2. The summed E-state index contributed by atoms with van der Waals surface area (Å²) in [5, 5.41) is 27.5. The second-order valence-electron chi connectivity index (χ2n) is 3.05. The molecule has 0 aromatic heterocycles. The standard InChI is InChI=1S/C6H12O7S/c1-14(10,11)13-5-4(8)3(7)2-12-6(5)9/h3-9H,2H2,1H3/t3-,4+,5+,6-/m1/s1. The monoisotopic (exact) mass is 228 g/mol. The fourth-order valence-corrected chi connectivity index (χ4v) is 1.70. The van der Waals surface area contributed by atoms with E-state index < -0.39 is 34.7 Å². The molecule has 0 aromatic carbocycles. The summed E-state index contributed by atoms with van der Waals surface area (Å²) in [6.45, 7) is -0.272. The minimum atomic E-state index is -3.82. The quantitative estimate of drug-likeness (QED) is 0.444. The first kappa shape index (κ1) is 11.8. The SMILES string of the molecule is CS(=O)(=O)O[C@H]1[C@@H](O)[C@H](O)CO[C@H]1O. The average molecular weight is 228 g/mol. The van der Waals surface area contributed by atoms with Gasteiger partial charge in [0.1, 0.15) is 12.2 Å². The Morgan fingerprint density at radius 1 is 1.36 bits per heavy atom. The number of aliphatic hydroxyl groups excluding tert-OH is 3. The van der Waals surface area contributed by atoms with Gasteiger partial charge in [0.25, 0.3) is 10.1 Å². The predicted molar refractivity (Wildman–Crippen MR) is 43.7 cm³/mol. The van der Waals surface area contributed by atoms with Crippen LogP contribution in [0, 0.1) is 0 Å². The van der Waals surface area contributed by atoms with E-state index in [0.29, 0.717) is 0 Å². The fourth-order valence-electron chi connectivity index (χ4n) is 1.08. The molecular formula is C6H12O7S. The normalized spacial score (nSPS) is 39.7. The zero-order valence-corrected chi connectivity index (χ0v) is 8.22. The molecule has 0 radical (unpaired) electrons. The molecule has 0 unspecified atom stereocenters. The van der Waals surface area contributed by atoms with Gasteiger partial charge < -0.3 is 20.1 Å². The third kappa shape index (κ3) is 2.87. The third-order valence-electron chi connectivity index (χ3n) is 1.74. The molecule has 1 aliphatic heterocycles. The van der Waals surface area contributed by atoms with Gasteiger partial charge in [0.2, 0.25) is 0 Å². The smallest absolute Gasteiger partial charge is 0.264 e. The number of ether oxygens (including phenoxy) is 1. The molecule has 84 valence electrons. The van der Waals surface area contributed by atoms with E-state index in [1.807, 2.05) is 0 Å². The van der Waals surface area contributed by atoms with Crippen molar-refractivity contribution in [2.75, 3.05) is 12.9 Å². The molecule has 1 saturated heterocycles. The summed E-state index contributed by atoms with van der Waals surface area (Å²) < 4.78 is 30.4. The van der Waals surface area contributed by atoms with Crippen LogP contribution in [-0.4, -0.2) is 61.2 Å². The molecule has 1 heterocycles. The Hall–Kier alpha value is -0.250. The molecule has 14 heavy (non-hydrogen) atoms. The first-order valence-corrected chi connectivity index (χ1v) is 5.67. The lowest BCUT2D eigenvalue weighted by Crippen LogP contribution is -2.54. The fraction of sp³-hybridized carbons (Fsp3) is 1.00. The van der Waals surface area contributed by atoms with Crippen molar-refractivity contribution in [1.82, 2.24) is 0 Å². The second-order valence-corrected chi connectivity index (χ2v) is 4.65. The zero-order chi connectivity index (χ0) is 10.9. The van der Waals surface area contributed by atoms with Crippen LogP contribution in [-0.2, 0) is 19.0 Å². The summed E-state index contributed by atoms with van der Waals surface area (Å²) >= 11 is 0. The molecule has 7 nitrogen and oxygen atoms in total. The van der Waals surface area contributed by atoms with Gasteiger partial charge in [-0.15, -0.1) is 0 Å². The summed E-state index contributed by atoms with van der Waals surface area (Å²) in [6, 6.07) is 0. The van der Waals surface area contributed by atoms with Gasteiger partial charge in [-0.2, -0.15) is 8.42 Å². The summed E-state index contributed by atoms with van der Waals surface area (Å²) in [5.41, 5.74) is 0. The van der Waals surface area contributed by atoms with E-state index in [2.05, 4.69) is 8.92 Å². The predicted octanol–water partition coefficient (Wildman–Crippen LogP) is -2.60. The van der Waals surface area contributed by atoms with Crippen molar-refractivity contribution in [1.29, 1.82) is 0 Å². The largest absolute Gasteiger partial charge is 0.388 e. The van der Waals surface area contributed by atoms with Gasteiger partial charge in [-0.25, -0.2) is 0 Å². The summed E-state index contributed by atoms with van der Waals surface area (Å²) in [5.74, 6) is 0. The minimum Gasteiger partial charge on any atom is -0.388 e. The van der Waals surface area contributed by atoms with Crippen LogP contribution in [0.3, 0.4) is 0 Å². The van der Waals surface area contributed by atoms with Crippen LogP contribution in [0.1, 0.15) is 0 Å². The van der Waals surface area contributed by atoms with Crippen LogP contribution >= 0.6 is 0 Å². The van der Waals surface area contributed by atoms with Crippen LogP contribution in [0.4, 0.5) is 0 Å². The van der Waals surface area contributed by atoms with Crippen LogP contribution in [0.5, 0.6) is 0 Å². The second kappa shape index (κ2) is 4.09. The maximum absolute atomic E-state index is 10.7. The minimum absolute atomic E-state index is 0.272. The van der Waals surface area contributed by atoms with Crippen molar-refractivity contribution < 1.29 is 32.7 Å². The molecule has 3 N–H and O–H groups in total. The van der Waals surface area contributed by atoms with Crippen molar-refractivity contribution in [3.8, 4) is 0 Å². The molecule has 0 aliphatic carbocycles. The molecule has 0 aromatic rings. The Balaban J connectivity index is 2.73. The Morgan fingerprint density at radius 2 is 1.93 bits per heavy atom. The maximum atomic E-state index is 10.7. The average Bonchev–Trinajstić information content (AvgIpc) is 2.04.